The fraction of sp³-hybridized carbons (Fsp3) is 0.0833. The van der Waals surface area contributed by atoms with Crippen molar-refractivity contribution in [3.05, 3.63) is 107 Å². The molecule has 4 aromatic rings. The van der Waals surface area contributed by atoms with Gasteiger partial charge in [0.15, 0.2) is 5.82 Å². The molecule has 1 aromatic heterocycles. The van der Waals surface area contributed by atoms with Crippen molar-refractivity contribution >= 4 is 46.9 Å². The smallest absolute Gasteiger partial charge is 0.276 e. The monoisotopic (exact) mass is 479 g/mol. The van der Waals surface area contributed by atoms with Gasteiger partial charge in [0.1, 0.15) is 5.30 Å². The van der Waals surface area contributed by atoms with E-state index in [-0.39, 0.29) is 0 Å². The first-order valence-corrected chi connectivity index (χ1v) is 13.0. The van der Waals surface area contributed by atoms with Gasteiger partial charge in [-0.15, -0.1) is 0 Å². The molecule has 32 heavy (non-hydrogen) atoms. The zero-order valence-corrected chi connectivity index (χ0v) is 19.6. The summed E-state index contributed by atoms with van der Waals surface area (Å²) in [6, 6.07) is 27.1. The number of aryl methyl sites for hydroxylation is 1. The van der Waals surface area contributed by atoms with Gasteiger partial charge in [-0.1, -0.05) is 60.1 Å². The van der Waals surface area contributed by atoms with Crippen LogP contribution in [-0.2, 0) is 27.5 Å². The molecule has 1 unspecified atom stereocenters. The van der Waals surface area contributed by atoms with Crippen LogP contribution in [0.15, 0.2) is 89.9 Å². The lowest BCUT2D eigenvalue weighted by molar-refractivity contribution is 0.305. The highest BCUT2D eigenvalue weighted by molar-refractivity contribution is 8.13. The third-order valence-corrected chi connectivity index (χ3v) is 8.32. The predicted octanol–water partition coefficient (Wildman–Crippen LogP) is 6.09. The first-order valence-electron chi connectivity index (χ1n) is 10.0. The second-order valence-corrected chi connectivity index (χ2v) is 11.0. The third kappa shape index (κ3) is 4.03. The molecule has 8 heteroatoms. The second kappa shape index (κ2) is 8.64. The molecule has 0 aliphatic carbocycles. The maximum atomic E-state index is 6.34. The molecular weight excluding hydrogens is 461 g/mol. The summed E-state index contributed by atoms with van der Waals surface area (Å²) in [6.45, 7) is -0.705. The zero-order chi connectivity index (χ0) is 22.1. The molecule has 3 aromatic carbocycles. The van der Waals surface area contributed by atoms with Crippen molar-refractivity contribution in [1.82, 2.24) is 9.78 Å². The van der Waals surface area contributed by atoms with Crippen molar-refractivity contribution in [2.24, 2.45) is 4.99 Å². The zero-order valence-electron chi connectivity index (χ0n) is 17.2. The summed E-state index contributed by atoms with van der Waals surface area (Å²) < 4.78 is 14.5. The van der Waals surface area contributed by atoms with Crippen molar-refractivity contribution < 1.29 is 9.05 Å². The van der Waals surface area contributed by atoms with Crippen LogP contribution in [0.2, 0.25) is 5.02 Å². The highest BCUT2D eigenvalue weighted by Gasteiger charge is 2.38. The Labute approximate surface area is 196 Å². The second-order valence-electron chi connectivity index (χ2n) is 7.28. The molecule has 0 bridgehead atoms. The van der Waals surface area contributed by atoms with Gasteiger partial charge in [-0.3, -0.25) is 0 Å². The summed E-state index contributed by atoms with van der Waals surface area (Å²) >= 11 is 12.1. The highest BCUT2D eigenvalue weighted by atomic mass is 35.5. The Balaban J connectivity index is 1.64. The molecular formula is C24H19ClN3O2PS. The topological polar surface area (TPSA) is 48.6 Å². The van der Waals surface area contributed by atoms with E-state index in [0.29, 0.717) is 23.3 Å². The molecule has 0 radical (unpaired) electrons. The van der Waals surface area contributed by atoms with Crippen molar-refractivity contribution in [3.63, 3.8) is 0 Å². The van der Waals surface area contributed by atoms with E-state index in [0.717, 1.165) is 27.8 Å². The summed E-state index contributed by atoms with van der Waals surface area (Å²) in [5, 5.41) is 6.12. The van der Waals surface area contributed by atoms with E-state index in [9.17, 15) is 0 Å². The van der Waals surface area contributed by atoms with E-state index in [1.807, 2.05) is 79.7 Å². The summed E-state index contributed by atoms with van der Waals surface area (Å²) in [7, 11) is 0. The normalized spacial score (nSPS) is 17.4. The van der Waals surface area contributed by atoms with Gasteiger partial charge in [-0.05, 0) is 60.7 Å². The number of rotatable bonds is 5. The fourth-order valence-corrected chi connectivity index (χ4v) is 6.42. The van der Waals surface area contributed by atoms with Gasteiger partial charge in [-0.25, -0.2) is 4.68 Å². The molecule has 160 valence electrons. The van der Waals surface area contributed by atoms with Gasteiger partial charge < -0.3 is 9.05 Å². The maximum Gasteiger partial charge on any atom is 0.276 e. The van der Waals surface area contributed by atoms with E-state index in [2.05, 4.69) is 0 Å². The molecule has 0 fully saturated rings. The molecule has 0 spiro atoms. The quantitative estimate of drug-likeness (QED) is 0.325. The minimum Gasteiger partial charge on any atom is -0.421 e. The van der Waals surface area contributed by atoms with Gasteiger partial charge in [-0.2, -0.15) is 10.1 Å². The Morgan fingerprint density at radius 2 is 1.62 bits per heavy atom. The largest absolute Gasteiger partial charge is 0.421 e. The van der Waals surface area contributed by atoms with Crippen LogP contribution in [0.1, 0.15) is 16.8 Å². The summed E-state index contributed by atoms with van der Waals surface area (Å²) in [6.07, 6.45) is 0. The fourth-order valence-electron chi connectivity index (χ4n) is 3.49. The molecule has 0 saturated heterocycles. The Bertz CT molecular complexity index is 1340. The summed E-state index contributed by atoms with van der Waals surface area (Å²) in [5.41, 5.74) is 3.43. The average molecular weight is 480 g/mol. The first kappa shape index (κ1) is 21.1. The number of halogens is 1. The van der Waals surface area contributed by atoms with Crippen LogP contribution < -0.4 is 5.30 Å². The molecule has 5 rings (SSSR count). The predicted molar refractivity (Wildman–Crippen MR) is 132 cm³/mol. The number of nitrogens with zero attached hydrogens (tertiary/aromatic N) is 3. The van der Waals surface area contributed by atoms with Crippen LogP contribution in [0.3, 0.4) is 0 Å². The molecule has 0 saturated carbocycles. The molecule has 1 aliphatic rings. The van der Waals surface area contributed by atoms with Crippen molar-refractivity contribution in [2.75, 3.05) is 0 Å². The SMILES string of the molecule is Cc1nn(-c2ccccc2)c2c1P(=S)(OCc1ccccc1)OC(c1ccc(Cl)cc1)=N2. The van der Waals surface area contributed by atoms with Crippen molar-refractivity contribution in [2.45, 2.75) is 13.5 Å². The van der Waals surface area contributed by atoms with Gasteiger partial charge in [0.25, 0.3) is 6.49 Å². The maximum absolute atomic E-state index is 6.34. The number of aliphatic imine (C=N–C) groups is 1. The van der Waals surface area contributed by atoms with Crippen molar-refractivity contribution in [3.8, 4) is 5.69 Å². The lowest BCUT2D eigenvalue weighted by atomic mass is 10.2. The van der Waals surface area contributed by atoms with Crippen molar-refractivity contribution in [1.29, 1.82) is 0 Å². The molecule has 2 heterocycles. The summed E-state index contributed by atoms with van der Waals surface area (Å²) in [5.74, 6) is 1.05. The Morgan fingerprint density at radius 3 is 2.31 bits per heavy atom. The van der Waals surface area contributed by atoms with Crippen LogP contribution in [0.5, 0.6) is 0 Å². The lowest BCUT2D eigenvalue weighted by Crippen LogP contribution is -2.21. The van der Waals surface area contributed by atoms with E-state index in [4.69, 9.17) is 42.5 Å². The van der Waals surface area contributed by atoms with Crippen LogP contribution >= 0.6 is 18.1 Å². The first-order chi connectivity index (χ1) is 15.5. The third-order valence-electron chi connectivity index (χ3n) is 5.03. The van der Waals surface area contributed by atoms with Gasteiger partial charge in [0, 0.05) is 10.6 Å². The number of benzene rings is 3. The number of hydrogen-bond acceptors (Lipinski definition) is 5. The number of aromatic nitrogens is 2. The van der Waals surface area contributed by atoms with E-state index in [1.54, 1.807) is 16.8 Å². The van der Waals surface area contributed by atoms with E-state index >= 15 is 0 Å². The minimum atomic E-state index is -2.95. The number of fused-ring (bicyclic) bond motifs is 1. The molecule has 1 aliphatic heterocycles. The van der Waals surface area contributed by atoms with Crippen LogP contribution in [0, 0.1) is 6.92 Å². The van der Waals surface area contributed by atoms with Gasteiger partial charge in [0.2, 0.25) is 5.90 Å². The molecule has 1 atom stereocenters. The number of para-hydroxylation sites is 1. The highest BCUT2D eigenvalue weighted by Crippen LogP contribution is 2.55. The van der Waals surface area contributed by atoms with E-state index in [1.165, 1.54) is 0 Å². The number of hydrogen-bond donors (Lipinski definition) is 0. The van der Waals surface area contributed by atoms with Crippen LogP contribution in [-0.4, -0.2) is 15.7 Å². The minimum absolute atomic E-state index is 0.335. The van der Waals surface area contributed by atoms with Crippen LogP contribution in [0.25, 0.3) is 5.69 Å². The molecule has 5 nitrogen and oxygen atoms in total. The Morgan fingerprint density at radius 1 is 0.969 bits per heavy atom. The Hall–Kier alpha value is -2.76. The lowest BCUT2D eigenvalue weighted by Gasteiger charge is -2.27. The van der Waals surface area contributed by atoms with Crippen LogP contribution in [0.4, 0.5) is 5.82 Å². The van der Waals surface area contributed by atoms with Gasteiger partial charge >= 0.3 is 0 Å². The summed E-state index contributed by atoms with van der Waals surface area (Å²) in [4.78, 5) is 4.83. The van der Waals surface area contributed by atoms with E-state index < -0.39 is 6.49 Å². The standard InChI is InChI=1S/C24H19ClN3O2PS/c1-17-22-23(28(27-17)21-10-6-3-7-11-21)26-24(19-12-14-20(25)15-13-19)30-31(22,32)29-16-18-8-4-2-5-9-18/h2-15H,16H2,1H3. The average Bonchev–Trinajstić information content (AvgIpc) is 3.17. The molecule has 0 N–H and O–H groups in total. The Kier molecular flexibility index (Phi) is 5.70. The van der Waals surface area contributed by atoms with Gasteiger partial charge in [0.05, 0.1) is 18.0 Å². The molecule has 0 amide bonds.